The first-order valence-corrected chi connectivity index (χ1v) is 6.06. The third-order valence-electron chi connectivity index (χ3n) is 2.80. The molecule has 0 aliphatic heterocycles. The lowest BCUT2D eigenvalue weighted by Crippen LogP contribution is -2.13. The van der Waals surface area contributed by atoms with Crippen LogP contribution in [0.2, 0.25) is 5.02 Å². The lowest BCUT2D eigenvalue weighted by molar-refractivity contribution is 0.626. The largest absolute Gasteiger partial charge is 0.324 e. The van der Waals surface area contributed by atoms with E-state index < -0.39 is 5.82 Å². The summed E-state index contributed by atoms with van der Waals surface area (Å²) in [5.74, 6) is -0.411. The molecule has 94 valence electrons. The van der Waals surface area contributed by atoms with Crippen LogP contribution in [0.15, 0.2) is 36.5 Å². The molecule has 1 atom stereocenters. The number of pyridine rings is 1. The zero-order chi connectivity index (χ0) is 13.1. The summed E-state index contributed by atoms with van der Waals surface area (Å²) >= 11 is 5.74. The maximum atomic E-state index is 13.0. The van der Waals surface area contributed by atoms with Crippen LogP contribution in [-0.4, -0.2) is 4.98 Å². The summed E-state index contributed by atoms with van der Waals surface area (Å²) in [6.45, 7) is 1.93. The SMILES string of the molecule is Cc1ccc(C(N)Cc2ccc(F)c(Cl)c2)cn1. The Balaban J connectivity index is 2.13. The molecule has 1 heterocycles. The Hall–Kier alpha value is -1.45. The number of benzene rings is 1. The van der Waals surface area contributed by atoms with Gasteiger partial charge in [0, 0.05) is 17.9 Å². The van der Waals surface area contributed by atoms with Crippen molar-refractivity contribution in [3.63, 3.8) is 0 Å². The van der Waals surface area contributed by atoms with E-state index in [0.29, 0.717) is 6.42 Å². The fourth-order valence-corrected chi connectivity index (χ4v) is 1.94. The van der Waals surface area contributed by atoms with Gasteiger partial charge in [-0.3, -0.25) is 4.98 Å². The first-order valence-electron chi connectivity index (χ1n) is 5.68. The Bertz CT molecular complexity index is 540. The van der Waals surface area contributed by atoms with Crippen molar-refractivity contribution >= 4 is 11.6 Å². The van der Waals surface area contributed by atoms with Gasteiger partial charge >= 0.3 is 0 Å². The van der Waals surface area contributed by atoms with E-state index in [9.17, 15) is 4.39 Å². The molecule has 0 aliphatic rings. The molecule has 0 spiro atoms. The Labute approximate surface area is 111 Å². The summed E-state index contributed by atoms with van der Waals surface area (Å²) in [6, 6.07) is 8.38. The monoisotopic (exact) mass is 264 g/mol. The number of nitrogens with zero attached hydrogens (tertiary/aromatic N) is 1. The molecule has 1 aromatic carbocycles. The average Bonchev–Trinajstić information content (AvgIpc) is 2.34. The second-order valence-electron chi connectivity index (χ2n) is 4.29. The summed E-state index contributed by atoms with van der Waals surface area (Å²) < 4.78 is 13.0. The molecule has 1 unspecified atom stereocenters. The molecule has 4 heteroatoms. The number of hydrogen-bond donors (Lipinski definition) is 1. The minimum absolute atomic E-state index is 0.127. The van der Waals surface area contributed by atoms with Crippen LogP contribution >= 0.6 is 11.6 Å². The Kier molecular flexibility index (Phi) is 3.94. The Morgan fingerprint density at radius 2 is 2.11 bits per heavy atom. The van der Waals surface area contributed by atoms with Crippen molar-refractivity contribution < 1.29 is 4.39 Å². The van der Waals surface area contributed by atoms with E-state index in [4.69, 9.17) is 17.3 Å². The maximum absolute atomic E-state index is 13.0. The number of halogens is 2. The fourth-order valence-electron chi connectivity index (χ4n) is 1.74. The molecule has 2 N–H and O–H groups in total. The van der Waals surface area contributed by atoms with Crippen LogP contribution in [0.5, 0.6) is 0 Å². The zero-order valence-electron chi connectivity index (χ0n) is 10.0. The molecule has 2 rings (SSSR count). The molecular formula is C14H14ClFN2. The number of hydrogen-bond acceptors (Lipinski definition) is 2. The highest BCUT2D eigenvalue weighted by Crippen LogP contribution is 2.20. The maximum Gasteiger partial charge on any atom is 0.141 e. The minimum atomic E-state index is -0.411. The van der Waals surface area contributed by atoms with Crippen molar-refractivity contribution in [3.8, 4) is 0 Å². The van der Waals surface area contributed by atoms with E-state index in [1.54, 1.807) is 18.3 Å². The van der Waals surface area contributed by atoms with Crippen LogP contribution in [0.3, 0.4) is 0 Å². The van der Waals surface area contributed by atoms with Crippen LogP contribution in [0, 0.1) is 12.7 Å². The Morgan fingerprint density at radius 3 is 2.72 bits per heavy atom. The van der Waals surface area contributed by atoms with Gasteiger partial charge in [-0.1, -0.05) is 23.7 Å². The summed E-state index contributed by atoms with van der Waals surface area (Å²) in [7, 11) is 0. The van der Waals surface area contributed by atoms with Gasteiger partial charge in [-0.2, -0.15) is 0 Å². The predicted octanol–water partition coefficient (Wildman–Crippen LogP) is 3.43. The first-order chi connectivity index (χ1) is 8.56. The second kappa shape index (κ2) is 5.46. The van der Waals surface area contributed by atoms with Crippen molar-refractivity contribution in [1.82, 2.24) is 4.98 Å². The van der Waals surface area contributed by atoms with Crippen LogP contribution < -0.4 is 5.73 Å². The molecular weight excluding hydrogens is 251 g/mol. The van der Waals surface area contributed by atoms with E-state index in [1.165, 1.54) is 6.07 Å². The van der Waals surface area contributed by atoms with Gasteiger partial charge in [0.15, 0.2) is 0 Å². The van der Waals surface area contributed by atoms with Gasteiger partial charge < -0.3 is 5.73 Å². The number of aromatic nitrogens is 1. The molecule has 0 aliphatic carbocycles. The van der Waals surface area contributed by atoms with Gasteiger partial charge in [-0.15, -0.1) is 0 Å². The zero-order valence-corrected chi connectivity index (χ0v) is 10.8. The van der Waals surface area contributed by atoms with Gasteiger partial charge in [-0.05, 0) is 42.7 Å². The van der Waals surface area contributed by atoms with E-state index in [1.807, 2.05) is 19.1 Å². The van der Waals surface area contributed by atoms with Crippen molar-refractivity contribution in [3.05, 3.63) is 64.2 Å². The molecule has 0 saturated carbocycles. The van der Waals surface area contributed by atoms with E-state index in [-0.39, 0.29) is 11.1 Å². The van der Waals surface area contributed by atoms with E-state index in [0.717, 1.165) is 16.8 Å². The van der Waals surface area contributed by atoms with E-state index in [2.05, 4.69) is 4.98 Å². The molecule has 18 heavy (non-hydrogen) atoms. The third kappa shape index (κ3) is 3.06. The highest BCUT2D eigenvalue weighted by Gasteiger charge is 2.09. The highest BCUT2D eigenvalue weighted by molar-refractivity contribution is 6.30. The van der Waals surface area contributed by atoms with Gasteiger partial charge in [0.2, 0.25) is 0 Å². The number of aryl methyl sites for hydroxylation is 1. The van der Waals surface area contributed by atoms with Gasteiger partial charge in [0.05, 0.1) is 5.02 Å². The number of nitrogens with two attached hydrogens (primary N) is 1. The molecule has 2 nitrogen and oxygen atoms in total. The highest BCUT2D eigenvalue weighted by atomic mass is 35.5. The third-order valence-corrected chi connectivity index (χ3v) is 3.09. The molecule has 0 amide bonds. The van der Waals surface area contributed by atoms with Crippen LogP contribution in [-0.2, 0) is 6.42 Å². The first kappa shape index (κ1) is 13.0. The van der Waals surface area contributed by atoms with Crippen LogP contribution in [0.1, 0.15) is 22.9 Å². The summed E-state index contributed by atoms with van der Waals surface area (Å²) in [5, 5.41) is 0.127. The summed E-state index contributed by atoms with van der Waals surface area (Å²) in [4.78, 5) is 4.21. The van der Waals surface area contributed by atoms with Gasteiger partial charge in [-0.25, -0.2) is 4.39 Å². The standard InChI is InChI=1S/C14H14ClFN2/c1-9-2-4-11(8-18-9)14(17)7-10-3-5-13(16)12(15)6-10/h2-6,8,14H,7,17H2,1H3. The molecule has 0 saturated heterocycles. The summed E-state index contributed by atoms with van der Waals surface area (Å²) in [5.41, 5.74) is 8.91. The second-order valence-corrected chi connectivity index (χ2v) is 4.70. The molecule has 0 radical (unpaired) electrons. The van der Waals surface area contributed by atoms with Gasteiger partial charge in [0.25, 0.3) is 0 Å². The lowest BCUT2D eigenvalue weighted by atomic mass is 10.0. The fraction of sp³-hybridized carbons (Fsp3) is 0.214. The van der Waals surface area contributed by atoms with Gasteiger partial charge in [0.1, 0.15) is 5.82 Å². The molecule has 0 fully saturated rings. The smallest absolute Gasteiger partial charge is 0.141 e. The molecule has 1 aromatic heterocycles. The Morgan fingerprint density at radius 1 is 1.33 bits per heavy atom. The topological polar surface area (TPSA) is 38.9 Å². The minimum Gasteiger partial charge on any atom is -0.324 e. The molecule has 2 aromatic rings. The van der Waals surface area contributed by atoms with Crippen molar-refractivity contribution in [1.29, 1.82) is 0 Å². The van der Waals surface area contributed by atoms with E-state index >= 15 is 0 Å². The quantitative estimate of drug-likeness (QED) is 0.923. The normalized spacial score (nSPS) is 12.4. The molecule has 0 bridgehead atoms. The summed E-state index contributed by atoms with van der Waals surface area (Å²) in [6.07, 6.45) is 2.37. The van der Waals surface area contributed by atoms with Crippen molar-refractivity contribution in [2.75, 3.05) is 0 Å². The van der Waals surface area contributed by atoms with Crippen LogP contribution in [0.25, 0.3) is 0 Å². The van der Waals surface area contributed by atoms with Crippen LogP contribution in [0.4, 0.5) is 4.39 Å². The predicted molar refractivity (Wildman–Crippen MR) is 71.0 cm³/mol. The van der Waals surface area contributed by atoms with Crippen molar-refractivity contribution in [2.45, 2.75) is 19.4 Å². The average molecular weight is 265 g/mol. The number of rotatable bonds is 3. The lowest BCUT2D eigenvalue weighted by Gasteiger charge is -2.12. The van der Waals surface area contributed by atoms with Crippen molar-refractivity contribution in [2.24, 2.45) is 5.73 Å².